The second-order valence-electron chi connectivity index (χ2n) is 9.20. The van der Waals surface area contributed by atoms with Crippen LogP contribution >= 0.6 is 11.3 Å². The highest BCUT2D eigenvalue weighted by molar-refractivity contribution is 7.26. The highest BCUT2D eigenvalue weighted by Gasteiger charge is 2.20. The summed E-state index contributed by atoms with van der Waals surface area (Å²) < 4.78 is 5.13. The summed E-state index contributed by atoms with van der Waals surface area (Å²) in [6, 6.07) is 39.4. The van der Waals surface area contributed by atoms with Gasteiger partial charge in [0.15, 0.2) is 0 Å². The van der Waals surface area contributed by atoms with E-state index in [0.717, 1.165) is 17.8 Å². The molecular formula is C32H20N2S. The quantitative estimate of drug-likeness (QED) is 0.243. The van der Waals surface area contributed by atoms with Crippen LogP contribution in [0.15, 0.2) is 114 Å². The van der Waals surface area contributed by atoms with Crippen molar-refractivity contribution in [2.24, 2.45) is 4.99 Å². The maximum atomic E-state index is 4.97. The van der Waals surface area contributed by atoms with Gasteiger partial charge in [0.2, 0.25) is 0 Å². The largest absolute Gasteiger partial charge is 0.308 e. The Kier molecular flexibility index (Phi) is 3.91. The first-order valence-electron chi connectivity index (χ1n) is 11.9. The molecule has 0 saturated heterocycles. The van der Waals surface area contributed by atoms with E-state index in [4.69, 9.17) is 4.99 Å². The number of rotatable bonds is 2. The molecule has 1 aliphatic heterocycles. The number of fused-ring (bicyclic) bond motifs is 8. The van der Waals surface area contributed by atoms with Gasteiger partial charge in [-0.2, -0.15) is 0 Å². The lowest BCUT2D eigenvalue weighted by molar-refractivity contribution is 1.19. The number of hydrogen-bond donors (Lipinski definition) is 0. The van der Waals surface area contributed by atoms with Gasteiger partial charge >= 0.3 is 0 Å². The molecule has 0 spiro atoms. The molecule has 0 N–H and O–H groups in total. The zero-order chi connectivity index (χ0) is 22.9. The standard InChI is InChI=1S/C32H20N2S/c1-2-9-22(10-3-1)34-29-19-21(28-18-20-8-4-6-12-27(20)33-28)14-15-23(29)25-16-17-26-24-11-5-7-13-30(24)35-32(26)31(25)34/h1-17,19H,18H2. The summed E-state index contributed by atoms with van der Waals surface area (Å²) >= 11 is 1.89. The van der Waals surface area contributed by atoms with Crippen LogP contribution in [-0.4, -0.2) is 10.3 Å². The first-order chi connectivity index (χ1) is 17.3. The number of aliphatic imine (C=N–C) groups is 1. The van der Waals surface area contributed by atoms with Crippen LogP contribution in [0.5, 0.6) is 0 Å². The normalized spacial score (nSPS) is 13.2. The molecule has 3 heterocycles. The van der Waals surface area contributed by atoms with Crippen LogP contribution in [0.1, 0.15) is 11.1 Å². The van der Waals surface area contributed by atoms with E-state index in [1.807, 2.05) is 11.3 Å². The molecule has 5 aromatic carbocycles. The molecule has 2 nitrogen and oxygen atoms in total. The number of thiophene rings is 1. The summed E-state index contributed by atoms with van der Waals surface area (Å²) in [4.78, 5) is 4.97. The molecular weight excluding hydrogens is 444 g/mol. The van der Waals surface area contributed by atoms with Gasteiger partial charge in [-0.05, 0) is 41.5 Å². The molecule has 164 valence electrons. The van der Waals surface area contributed by atoms with E-state index in [9.17, 15) is 0 Å². The van der Waals surface area contributed by atoms with Crippen molar-refractivity contribution in [2.45, 2.75) is 6.42 Å². The van der Waals surface area contributed by atoms with Gasteiger partial charge in [0.05, 0.1) is 27.1 Å². The van der Waals surface area contributed by atoms with Gasteiger partial charge in [-0.3, -0.25) is 4.99 Å². The molecule has 8 rings (SSSR count). The predicted molar refractivity (Wildman–Crippen MR) is 150 cm³/mol. The van der Waals surface area contributed by atoms with Crippen LogP contribution in [0, 0.1) is 0 Å². The number of nitrogens with zero attached hydrogens (tertiary/aromatic N) is 2. The molecule has 0 bridgehead atoms. The van der Waals surface area contributed by atoms with Gasteiger partial charge in [0.1, 0.15) is 0 Å². The van der Waals surface area contributed by atoms with E-state index in [2.05, 4.69) is 114 Å². The monoisotopic (exact) mass is 464 g/mol. The van der Waals surface area contributed by atoms with E-state index >= 15 is 0 Å². The lowest BCUT2D eigenvalue weighted by Crippen LogP contribution is -2.01. The maximum Gasteiger partial charge on any atom is 0.0719 e. The van der Waals surface area contributed by atoms with Gasteiger partial charge in [-0.15, -0.1) is 11.3 Å². The van der Waals surface area contributed by atoms with Gasteiger partial charge in [-0.25, -0.2) is 0 Å². The summed E-state index contributed by atoms with van der Waals surface area (Å²) in [5.74, 6) is 0. The molecule has 0 radical (unpaired) electrons. The van der Waals surface area contributed by atoms with Crippen molar-refractivity contribution >= 4 is 64.7 Å². The van der Waals surface area contributed by atoms with Crippen molar-refractivity contribution in [3.8, 4) is 5.69 Å². The maximum absolute atomic E-state index is 4.97. The smallest absolute Gasteiger partial charge is 0.0719 e. The number of hydrogen-bond acceptors (Lipinski definition) is 2. The van der Waals surface area contributed by atoms with Gasteiger partial charge < -0.3 is 4.57 Å². The summed E-state index contributed by atoms with van der Waals surface area (Å²) in [5, 5.41) is 5.24. The molecule has 0 unspecified atom stereocenters. The Morgan fingerprint density at radius 1 is 0.657 bits per heavy atom. The minimum Gasteiger partial charge on any atom is -0.308 e. The second-order valence-corrected chi connectivity index (χ2v) is 10.3. The van der Waals surface area contributed by atoms with E-state index in [1.165, 1.54) is 58.8 Å². The summed E-state index contributed by atoms with van der Waals surface area (Å²) in [6.07, 6.45) is 0.883. The SMILES string of the molecule is c1ccc(-n2c3cc(C4=Nc5ccccc5C4)ccc3c3ccc4c5ccccc5sc4c32)cc1. The van der Waals surface area contributed by atoms with Crippen molar-refractivity contribution in [1.82, 2.24) is 4.57 Å². The van der Waals surface area contributed by atoms with Gasteiger partial charge in [0, 0.05) is 38.4 Å². The Morgan fingerprint density at radius 3 is 2.34 bits per heavy atom. The Labute approximate surface area is 206 Å². The molecule has 0 amide bonds. The third kappa shape index (κ3) is 2.73. The molecule has 35 heavy (non-hydrogen) atoms. The van der Waals surface area contributed by atoms with Crippen molar-refractivity contribution < 1.29 is 0 Å². The van der Waals surface area contributed by atoms with E-state index in [0.29, 0.717) is 0 Å². The van der Waals surface area contributed by atoms with Crippen molar-refractivity contribution in [2.75, 3.05) is 0 Å². The molecule has 0 aliphatic carbocycles. The number of para-hydroxylation sites is 2. The molecule has 3 heteroatoms. The first kappa shape index (κ1) is 19.1. The predicted octanol–water partition coefficient (Wildman–Crippen LogP) is 8.83. The molecule has 1 aliphatic rings. The Hall–Kier alpha value is -4.21. The zero-order valence-corrected chi connectivity index (χ0v) is 19.7. The minimum atomic E-state index is 0.883. The van der Waals surface area contributed by atoms with Crippen LogP contribution in [0.4, 0.5) is 5.69 Å². The zero-order valence-electron chi connectivity index (χ0n) is 18.9. The van der Waals surface area contributed by atoms with Crippen LogP contribution in [0.25, 0.3) is 47.7 Å². The number of aromatic nitrogens is 1. The lowest BCUT2D eigenvalue weighted by Gasteiger charge is -2.09. The summed E-state index contributed by atoms with van der Waals surface area (Å²) in [7, 11) is 0. The minimum absolute atomic E-state index is 0.883. The molecule has 0 saturated carbocycles. The Morgan fingerprint density at radius 2 is 1.43 bits per heavy atom. The van der Waals surface area contributed by atoms with Crippen LogP contribution in [-0.2, 0) is 6.42 Å². The third-order valence-corrected chi connectivity index (χ3v) is 8.42. The van der Waals surface area contributed by atoms with Crippen molar-refractivity contribution in [1.29, 1.82) is 0 Å². The number of benzene rings is 5. The summed E-state index contributed by atoms with van der Waals surface area (Å²) in [6.45, 7) is 0. The average molecular weight is 465 g/mol. The molecule has 0 atom stereocenters. The molecule has 7 aromatic rings. The fourth-order valence-corrected chi connectivity index (χ4v) is 6.85. The highest BCUT2D eigenvalue weighted by Crippen LogP contribution is 2.43. The van der Waals surface area contributed by atoms with Crippen LogP contribution < -0.4 is 0 Å². The fourth-order valence-electron chi connectivity index (χ4n) is 5.60. The van der Waals surface area contributed by atoms with Crippen molar-refractivity contribution in [3.63, 3.8) is 0 Å². The van der Waals surface area contributed by atoms with Gasteiger partial charge in [-0.1, -0.05) is 78.9 Å². The Bertz CT molecular complexity index is 1970. The van der Waals surface area contributed by atoms with E-state index in [-0.39, 0.29) is 0 Å². The van der Waals surface area contributed by atoms with E-state index in [1.54, 1.807) is 0 Å². The third-order valence-electron chi connectivity index (χ3n) is 7.23. The summed E-state index contributed by atoms with van der Waals surface area (Å²) in [5.41, 5.74) is 8.44. The fraction of sp³-hybridized carbons (Fsp3) is 0.0312. The topological polar surface area (TPSA) is 17.3 Å². The van der Waals surface area contributed by atoms with Crippen LogP contribution in [0.3, 0.4) is 0 Å². The Balaban J connectivity index is 1.47. The van der Waals surface area contributed by atoms with Crippen molar-refractivity contribution in [3.05, 3.63) is 120 Å². The van der Waals surface area contributed by atoms with Crippen LogP contribution in [0.2, 0.25) is 0 Å². The second kappa shape index (κ2) is 7.14. The molecule has 0 fully saturated rings. The lowest BCUT2D eigenvalue weighted by atomic mass is 10.0. The van der Waals surface area contributed by atoms with E-state index < -0.39 is 0 Å². The average Bonchev–Trinajstić information content (AvgIpc) is 3.60. The van der Waals surface area contributed by atoms with Gasteiger partial charge in [0.25, 0.3) is 0 Å². The highest BCUT2D eigenvalue weighted by atomic mass is 32.1. The molecule has 2 aromatic heterocycles. The first-order valence-corrected chi connectivity index (χ1v) is 12.8.